The van der Waals surface area contributed by atoms with Gasteiger partial charge < -0.3 is 10.1 Å². The van der Waals surface area contributed by atoms with Crippen molar-refractivity contribution in [2.45, 2.75) is 42.0 Å². The van der Waals surface area contributed by atoms with Crippen molar-refractivity contribution in [3.63, 3.8) is 0 Å². The molecule has 0 bridgehead atoms. The summed E-state index contributed by atoms with van der Waals surface area (Å²) in [6.07, 6.45) is 2.61. The lowest BCUT2D eigenvalue weighted by atomic mass is 10.2. The van der Waals surface area contributed by atoms with Crippen LogP contribution in [0.2, 0.25) is 0 Å². The molecular formula is C22H29N3O6S2. The number of amides is 1. The van der Waals surface area contributed by atoms with E-state index in [1.165, 1.54) is 35.7 Å². The normalized spacial score (nSPS) is 15.2. The van der Waals surface area contributed by atoms with E-state index in [2.05, 4.69) is 10.0 Å². The van der Waals surface area contributed by atoms with Crippen molar-refractivity contribution in [2.24, 2.45) is 0 Å². The van der Waals surface area contributed by atoms with Crippen LogP contribution in [-0.4, -0.2) is 53.8 Å². The van der Waals surface area contributed by atoms with E-state index in [9.17, 15) is 21.6 Å². The van der Waals surface area contributed by atoms with Gasteiger partial charge in [0, 0.05) is 32.6 Å². The molecule has 180 valence electrons. The Kier molecular flexibility index (Phi) is 8.46. The molecule has 0 aliphatic carbocycles. The number of carbonyl (C=O) groups is 1. The second-order valence-corrected chi connectivity index (χ2v) is 11.3. The van der Waals surface area contributed by atoms with Crippen LogP contribution in [0.15, 0.2) is 58.3 Å². The van der Waals surface area contributed by atoms with E-state index in [1.807, 2.05) is 0 Å². The van der Waals surface area contributed by atoms with Gasteiger partial charge in [0.1, 0.15) is 5.75 Å². The van der Waals surface area contributed by atoms with Crippen molar-refractivity contribution in [1.82, 2.24) is 14.3 Å². The molecule has 9 nitrogen and oxygen atoms in total. The van der Waals surface area contributed by atoms with Crippen LogP contribution in [-0.2, 0) is 31.4 Å². The molecule has 0 saturated carbocycles. The Morgan fingerprint density at radius 2 is 1.64 bits per heavy atom. The van der Waals surface area contributed by atoms with Crippen molar-refractivity contribution < 1.29 is 26.4 Å². The maximum absolute atomic E-state index is 13.0. The van der Waals surface area contributed by atoms with Crippen LogP contribution in [0.25, 0.3) is 0 Å². The maximum Gasteiger partial charge on any atom is 0.243 e. The fourth-order valence-corrected chi connectivity index (χ4v) is 6.34. The number of carbonyl (C=O) groups excluding carboxylic acids is 1. The van der Waals surface area contributed by atoms with Gasteiger partial charge in [0.05, 0.1) is 16.9 Å². The largest absolute Gasteiger partial charge is 0.497 e. The number of nitrogens with one attached hydrogen (secondary N) is 2. The van der Waals surface area contributed by atoms with Crippen molar-refractivity contribution in [2.75, 3.05) is 26.7 Å². The molecule has 0 aromatic heterocycles. The zero-order valence-corrected chi connectivity index (χ0v) is 20.1. The SMILES string of the molecule is COc1ccc(S(=O)(=O)NCCC(=O)NCc2ccccc2S(=O)(=O)N2CCCCC2)cc1. The van der Waals surface area contributed by atoms with E-state index in [4.69, 9.17) is 4.74 Å². The fraction of sp³-hybridized carbons (Fsp3) is 0.409. The Labute approximate surface area is 195 Å². The van der Waals surface area contributed by atoms with Gasteiger partial charge in [0.15, 0.2) is 0 Å². The standard InChI is InChI=1S/C22H29N3O6S2/c1-31-19-9-11-20(12-10-19)32(27,28)24-14-13-22(26)23-17-18-7-3-4-8-21(18)33(29,30)25-15-5-2-6-16-25/h3-4,7-12,24H,2,5-6,13-17H2,1H3,(H,23,26). The number of hydrogen-bond donors (Lipinski definition) is 2. The molecule has 1 saturated heterocycles. The summed E-state index contributed by atoms with van der Waals surface area (Å²) >= 11 is 0. The quantitative estimate of drug-likeness (QED) is 0.519. The minimum absolute atomic E-state index is 0.0350. The van der Waals surface area contributed by atoms with Gasteiger partial charge in [-0.1, -0.05) is 24.6 Å². The Balaban J connectivity index is 1.55. The van der Waals surface area contributed by atoms with E-state index >= 15 is 0 Å². The summed E-state index contributed by atoms with van der Waals surface area (Å²) in [7, 11) is -5.90. The Morgan fingerprint density at radius 1 is 0.970 bits per heavy atom. The van der Waals surface area contributed by atoms with Crippen LogP contribution < -0.4 is 14.8 Å². The van der Waals surface area contributed by atoms with Crippen LogP contribution in [0.1, 0.15) is 31.2 Å². The Hall–Kier alpha value is -2.47. The number of nitrogens with zero attached hydrogens (tertiary/aromatic N) is 1. The molecule has 1 aliphatic rings. The van der Waals surface area contributed by atoms with Crippen LogP contribution >= 0.6 is 0 Å². The van der Waals surface area contributed by atoms with E-state index in [0.717, 1.165) is 19.3 Å². The molecule has 0 unspecified atom stereocenters. The first-order valence-electron chi connectivity index (χ1n) is 10.7. The topological polar surface area (TPSA) is 122 Å². The number of rotatable bonds is 10. The van der Waals surface area contributed by atoms with Gasteiger partial charge >= 0.3 is 0 Å². The molecule has 0 radical (unpaired) electrons. The predicted molar refractivity (Wildman–Crippen MR) is 124 cm³/mol. The van der Waals surface area contributed by atoms with Gasteiger partial charge in [-0.15, -0.1) is 0 Å². The number of hydrogen-bond acceptors (Lipinski definition) is 6. The highest BCUT2D eigenvalue weighted by Gasteiger charge is 2.27. The molecule has 3 rings (SSSR count). The molecule has 0 spiro atoms. The van der Waals surface area contributed by atoms with Gasteiger partial charge in [0.2, 0.25) is 26.0 Å². The van der Waals surface area contributed by atoms with E-state index < -0.39 is 26.0 Å². The van der Waals surface area contributed by atoms with Crippen molar-refractivity contribution in [3.05, 3.63) is 54.1 Å². The highest BCUT2D eigenvalue weighted by Crippen LogP contribution is 2.23. The summed E-state index contributed by atoms with van der Waals surface area (Å²) in [6, 6.07) is 12.5. The van der Waals surface area contributed by atoms with Crippen molar-refractivity contribution in [1.29, 1.82) is 0 Å². The fourth-order valence-electron chi connectivity index (χ4n) is 3.57. The number of ether oxygens (including phenoxy) is 1. The number of piperidine rings is 1. The average Bonchev–Trinajstić information content (AvgIpc) is 2.83. The Morgan fingerprint density at radius 3 is 2.30 bits per heavy atom. The summed E-state index contributed by atoms with van der Waals surface area (Å²) in [5.74, 6) is 0.147. The lowest BCUT2D eigenvalue weighted by Crippen LogP contribution is -2.36. The smallest absolute Gasteiger partial charge is 0.243 e. The molecule has 1 aliphatic heterocycles. The van der Waals surface area contributed by atoms with E-state index in [1.54, 1.807) is 24.3 Å². The lowest BCUT2D eigenvalue weighted by molar-refractivity contribution is -0.121. The molecule has 1 heterocycles. The Bertz CT molecular complexity index is 1160. The molecule has 11 heteroatoms. The zero-order valence-electron chi connectivity index (χ0n) is 18.5. The van der Waals surface area contributed by atoms with Crippen molar-refractivity contribution >= 4 is 26.0 Å². The summed E-state index contributed by atoms with van der Waals surface area (Å²) in [4.78, 5) is 12.5. The second-order valence-electron chi connectivity index (χ2n) is 7.67. The third kappa shape index (κ3) is 6.53. The van der Waals surface area contributed by atoms with Gasteiger partial charge in [-0.25, -0.2) is 21.6 Å². The first-order chi connectivity index (χ1) is 15.7. The van der Waals surface area contributed by atoms with Crippen LogP contribution in [0.3, 0.4) is 0 Å². The minimum Gasteiger partial charge on any atom is -0.497 e. The number of sulfonamides is 2. The molecule has 1 amide bonds. The minimum atomic E-state index is -3.76. The predicted octanol–water partition coefficient (Wildman–Crippen LogP) is 1.85. The summed E-state index contributed by atoms with van der Waals surface area (Å²) in [6.45, 7) is 0.940. The zero-order chi connectivity index (χ0) is 23.9. The van der Waals surface area contributed by atoms with Crippen LogP contribution in [0.4, 0.5) is 0 Å². The first-order valence-corrected chi connectivity index (χ1v) is 13.6. The first kappa shape index (κ1) is 25.2. The number of benzene rings is 2. The van der Waals surface area contributed by atoms with Gasteiger partial charge in [-0.3, -0.25) is 4.79 Å². The molecule has 1 fully saturated rings. The summed E-state index contributed by atoms with van der Waals surface area (Å²) in [5.41, 5.74) is 0.496. The van der Waals surface area contributed by atoms with Crippen LogP contribution in [0, 0.1) is 0 Å². The molecule has 2 aromatic carbocycles. The molecule has 2 N–H and O–H groups in total. The molecular weight excluding hydrogens is 466 g/mol. The van der Waals surface area contributed by atoms with Crippen LogP contribution in [0.5, 0.6) is 5.75 Å². The highest BCUT2D eigenvalue weighted by molar-refractivity contribution is 7.89. The van der Waals surface area contributed by atoms with Crippen molar-refractivity contribution in [3.8, 4) is 5.75 Å². The van der Waals surface area contributed by atoms with Gasteiger partial charge in [0.25, 0.3) is 0 Å². The summed E-state index contributed by atoms with van der Waals surface area (Å²) in [5, 5.41) is 2.68. The average molecular weight is 496 g/mol. The van der Waals surface area contributed by atoms with E-state index in [-0.39, 0.29) is 29.3 Å². The molecule has 0 atom stereocenters. The van der Waals surface area contributed by atoms with E-state index in [0.29, 0.717) is 24.4 Å². The lowest BCUT2D eigenvalue weighted by Gasteiger charge is -2.26. The van der Waals surface area contributed by atoms with Gasteiger partial charge in [-0.05, 0) is 48.7 Å². The molecule has 2 aromatic rings. The monoisotopic (exact) mass is 495 g/mol. The third-order valence-electron chi connectivity index (χ3n) is 5.40. The highest BCUT2D eigenvalue weighted by atomic mass is 32.2. The maximum atomic E-state index is 13.0. The van der Waals surface area contributed by atoms with Gasteiger partial charge in [-0.2, -0.15) is 4.31 Å². The second kappa shape index (κ2) is 11.1. The third-order valence-corrected chi connectivity index (χ3v) is 8.87. The summed E-state index contributed by atoms with van der Waals surface area (Å²) < 4.78 is 59.7. The molecule has 33 heavy (non-hydrogen) atoms. The number of methoxy groups -OCH3 is 1.